The highest BCUT2D eigenvalue weighted by atomic mass is 16.7. The Hall–Kier alpha value is -1.42. The van der Waals surface area contributed by atoms with Crippen molar-refractivity contribution < 1.29 is 14.2 Å². The maximum absolute atomic E-state index is 5.93. The van der Waals surface area contributed by atoms with Crippen molar-refractivity contribution in [2.45, 2.75) is 32.7 Å². The van der Waals surface area contributed by atoms with Crippen LogP contribution in [0.15, 0.2) is 12.1 Å². The highest BCUT2D eigenvalue weighted by molar-refractivity contribution is 5.51. The van der Waals surface area contributed by atoms with E-state index in [4.69, 9.17) is 14.2 Å². The monoisotopic (exact) mass is 263 g/mol. The summed E-state index contributed by atoms with van der Waals surface area (Å²) in [5, 5.41) is 3.33. The maximum atomic E-state index is 5.93. The van der Waals surface area contributed by atoms with Crippen molar-refractivity contribution in [3.05, 3.63) is 17.7 Å². The lowest BCUT2D eigenvalue weighted by molar-refractivity contribution is 0.173. The fraction of sp³-hybridized carbons (Fsp3) is 0.600. The average Bonchev–Trinajstić information content (AvgIpc) is 3.13. The molecular weight excluding hydrogens is 242 g/mol. The van der Waals surface area contributed by atoms with Crippen molar-refractivity contribution in [2.75, 3.05) is 19.9 Å². The number of fused-ring (bicyclic) bond motifs is 1. The Morgan fingerprint density at radius 2 is 2.05 bits per heavy atom. The predicted octanol–water partition coefficient (Wildman–Crippen LogP) is 2.70. The molecule has 0 amide bonds. The Labute approximate surface area is 114 Å². The van der Waals surface area contributed by atoms with Crippen molar-refractivity contribution in [3.8, 4) is 17.2 Å². The van der Waals surface area contributed by atoms with E-state index < -0.39 is 0 Å². The molecule has 0 aromatic heterocycles. The summed E-state index contributed by atoms with van der Waals surface area (Å²) in [6.45, 7) is 4.94. The van der Waals surface area contributed by atoms with E-state index in [9.17, 15) is 0 Å². The van der Waals surface area contributed by atoms with E-state index in [0.29, 0.717) is 6.79 Å². The van der Waals surface area contributed by atoms with Crippen LogP contribution in [0.2, 0.25) is 0 Å². The van der Waals surface area contributed by atoms with Gasteiger partial charge in [-0.2, -0.15) is 0 Å². The molecular formula is C15H21NO3. The Bertz CT molecular complexity index is 443. The summed E-state index contributed by atoms with van der Waals surface area (Å²) in [6.07, 6.45) is 3.90. The molecule has 2 aliphatic rings. The molecule has 1 saturated carbocycles. The Kier molecular flexibility index (Phi) is 3.78. The van der Waals surface area contributed by atoms with E-state index in [1.165, 1.54) is 12.8 Å². The van der Waals surface area contributed by atoms with Crippen LogP contribution in [0.1, 0.15) is 31.7 Å². The standard InChI is InChI=1S/C15H21NO3/c1-2-16-9-12-7-14-15(19-10-18-14)8-13(12)17-6-5-11-3-4-11/h7-8,11,16H,2-6,9-10H2,1H3. The summed E-state index contributed by atoms with van der Waals surface area (Å²) >= 11 is 0. The van der Waals surface area contributed by atoms with Gasteiger partial charge in [0.05, 0.1) is 6.61 Å². The first kappa shape index (κ1) is 12.6. The zero-order valence-electron chi connectivity index (χ0n) is 11.4. The second-order valence-electron chi connectivity index (χ2n) is 5.17. The quantitative estimate of drug-likeness (QED) is 0.821. The zero-order chi connectivity index (χ0) is 13.1. The minimum absolute atomic E-state index is 0.307. The van der Waals surface area contributed by atoms with Crippen LogP contribution < -0.4 is 19.5 Å². The fourth-order valence-electron chi connectivity index (χ4n) is 2.24. The number of benzene rings is 1. The molecule has 1 aliphatic heterocycles. The second kappa shape index (κ2) is 5.70. The van der Waals surface area contributed by atoms with Crippen LogP contribution in [-0.4, -0.2) is 19.9 Å². The Morgan fingerprint density at radius 3 is 2.79 bits per heavy atom. The lowest BCUT2D eigenvalue weighted by Gasteiger charge is -2.13. The molecule has 1 aliphatic carbocycles. The molecule has 1 aromatic rings. The Morgan fingerprint density at radius 1 is 1.26 bits per heavy atom. The number of hydrogen-bond acceptors (Lipinski definition) is 4. The summed E-state index contributed by atoms with van der Waals surface area (Å²) < 4.78 is 16.8. The molecule has 19 heavy (non-hydrogen) atoms. The van der Waals surface area contributed by atoms with Gasteiger partial charge in [-0.1, -0.05) is 19.8 Å². The lowest BCUT2D eigenvalue weighted by Crippen LogP contribution is -2.13. The van der Waals surface area contributed by atoms with Crippen LogP contribution in [0, 0.1) is 5.92 Å². The first-order valence-electron chi connectivity index (χ1n) is 7.13. The summed E-state index contributed by atoms with van der Waals surface area (Å²) in [7, 11) is 0. The lowest BCUT2D eigenvalue weighted by atomic mass is 10.1. The Balaban J connectivity index is 1.70. The number of rotatable bonds is 7. The van der Waals surface area contributed by atoms with Crippen LogP contribution in [-0.2, 0) is 6.54 Å². The van der Waals surface area contributed by atoms with Crippen LogP contribution in [0.25, 0.3) is 0 Å². The van der Waals surface area contributed by atoms with Gasteiger partial charge in [0.1, 0.15) is 5.75 Å². The SMILES string of the molecule is CCNCc1cc2c(cc1OCCC1CC1)OCO2. The fourth-order valence-corrected chi connectivity index (χ4v) is 2.24. The molecule has 4 heteroatoms. The van der Waals surface area contributed by atoms with Gasteiger partial charge in [-0.15, -0.1) is 0 Å². The van der Waals surface area contributed by atoms with Gasteiger partial charge >= 0.3 is 0 Å². The third-order valence-corrected chi connectivity index (χ3v) is 3.60. The summed E-state index contributed by atoms with van der Waals surface area (Å²) in [4.78, 5) is 0. The van der Waals surface area contributed by atoms with Gasteiger partial charge in [-0.05, 0) is 24.9 Å². The van der Waals surface area contributed by atoms with Crippen LogP contribution in [0.3, 0.4) is 0 Å². The highest BCUT2D eigenvalue weighted by Gasteiger charge is 2.22. The normalized spacial score (nSPS) is 16.7. The van der Waals surface area contributed by atoms with Crippen molar-refractivity contribution in [3.63, 3.8) is 0 Å². The number of hydrogen-bond donors (Lipinski definition) is 1. The molecule has 1 heterocycles. The zero-order valence-corrected chi connectivity index (χ0v) is 11.4. The molecule has 0 saturated heterocycles. The molecule has 0 radical (unpaired) electrons. The van der Waals surface area contributed by atoms with Crippen molar-refractivity contribution in [1.82, 2.24) is 5.32 Å². The minimum atomic E-state index is 0.307. The highest BCUT2D eigenvalue weighted by Crippen LogP contribution is 2.38. The van der Waals surface area contributed by atoms with E-state index >= 15 is 0 Å². The molecule has 3 rings (SSSR count). The van der Waals surface area contributed by atoms with E-state index in [2.05, 4.69) is 12.2 Å². The molecule has 4 nitrogen and oxygen atoms in total. The van der Waals surface area contributed by atoms with Crippen molar-refractivity contribution in [1.29, 1.82) is 0 Å². The summed E-state index contributed by atoms with van der Waals surface area (Å²) in [5.74, 6) is 3.43. The molecule has 0 spiro atoms. The molecule has 1 fully saturated rings. The molecule has 1 aromatic carbocycles. The minimum Gasteiger partial charge on any atom is -0.493 e. The first-order chi connectivity index (χ1) is 9.36. The average molecular weight is 263 g/mol. The molecule has 104 valence electrons. The van der Waals surface area contributed by atoms with Crippen molar-refractivity contribution >= 4 is 0 Å². The smallest absolute Gasteiger partial charge is 0.231 e. The van der Waals surface area contributed by atoms with Gasteiger partial charge in [-0.25, -0.2) is 0 Å². The van der Waals surface area contributed by atoms with Gasteiger partial charge in [0.15, 0.2) is 11.5 Å². The molecule has 0 bridgehead atoms. The largest absolute Gasteiger partial charge is 0.493 e. The van der Waals surface area contributed by atoms with Gasteiger partial charge in [0.25, 0.3) is 0 Å². The topological polar surface area (TPSA) is 39.7 Å². The molecule has 1 N–H and O–H groups in total. The van der Waals surface area contributed by atoms with Crippen LogP contribution in [0.5, 0.6) is 17.2 Å². The molecule has 0 atom stereocenters. The third kappa shape index (κ3) is 3.13. The predicted molar refractivity (Wildman–Crippen MR) is 72.8 cm³/mol. The number of nitrogens with one attached hydrogen (secondary N) is 1. The van der Waals surface area contributed by atoms with Crippen LogP contribution >= 0.6 is 0 Å². The van der Waals surface area contributed by atoms with E-state index in [-0.39, 0.29) is 0 Å². The number of ether oxygens (including phenoxy) is 3. The van der Waals surface area contributed by atoms with E-state index in [1.54, 1.807) is 0 Å². The van der Waals surface area contributed by atoms with Crippen LogP contribution in [0.4, 0.5) is 0 Å². The second-order valence-corrected chi connectivity index (χ2v) is 5.17. The van der Waals surface area contributed by atoms with E-state index in [1.807, 2.05) is 12.1 Å². The van der Waals surface area contributed by atoms with Crippen molar-refractivity contribution in [2.24, 2.45) is 5.92 Å². The van der Waals surface area contributed by atoms with E-state index in [0.717, 1.165) is 54.8 Å². The van der Waals surface area contributed by atoms with Gasteiger partial charge in [0.2, 0.25) is 6.79 Å². The third-order valence-electron chi connectivity index (χ3n) is 3.60. The van der Waals surface area contributed by atoms with Gasteiger partial charge in [0, 0.05) is 18.2 Å². The van der Waals surface area contributed by atoms with Gasteiger partial charge < -0.3 is 19.5 Å². The summed E-state index contributed by atoms with van der Waals surface area (Å²) in [6, 6.07) is 3.99. The summed E-state index contributed by atoms with van der Waals surface area (Å²) in [5.41, 5.74) is 1.14. The van der Waals surface area contributed by atoms with Gasteiger partial charge in [-0.3, -0.25) is 0 Å². The first-order valence-corrected chi connectivity index (χ1v) is 7.13. The maximum Gasteiger partial charge on any atom is 0.231 e. The molecule has 0 unspecified atom stereocenters.